The summed E-state index contributed by atoms with van der Waals surface area (Å²) in [6, 6.07) is 50.5. The summed E-state index contributed by atoms with van der Waals surface area (Å²) in [6.07, 6.45) is 0.986. The summed E-state index contributed by atoms with van der Waals surface area (Å²) in [7, 11) is 0. The second kappa shape index (κ2) is 7.17. The topological polar surface area (TPSA) is 0 Å². The minimum absolute atomic E-state index is 0.323. The Morgan fingerprint density at radius 2 is 1.02 bits per heavy atom. The normalized spacial score (nSPS) is 14.6. The zero-order valence-corrected chi connectivity index (χ0v) is 21.9. The Kier molecular flexibility index (Phi) is 3.76. The van der Waals surface area contributed by atoms with Crippen LogP contribution in [0, 0.1) is 0 Å². The van der Waals surface area contributed by atoms with Crippen molar-refractivity contribution in [3.63, 3.8) is 0 Å². The van der Waals surface area contributed by atoms with E-state index < -0.39 is 0 Å². The molecule has 3 aliphatic rings. The van der Waals surface area contributed by atoms with Crippen LogP contribution in [0.3, 0.4) is 0 Å². The van der Waals surface area contributed by atoms with Crippen LogP contribution >= 0.6 is 0 Å². The Balaban J connectivity index is 1.38. The molecule has 0 fully saturated rings. The highest BCUT2D eigenvalue weighted by Gasteiger charge is 2.52. The summed E-state index contributed by atoms with van der Waals surface area (Å²) in [4.78, 5) is 0. The fourth-order valence-corrected chi connectivity index (χ4v) is 8.36. The maximum atomic E-state index is 2.57. The van der Waals surface area contributed by atoms with E-state index >= 15 is 0 Å². The van der Waals surface area contributed by atoms with Crippen molar-refractivity contribution in [1.29, 1.82) is 0 Å². The average molecular weight is 505 g/mol. The Hall–Kier alpha value is -4.94. The zero-order valence-electron chi connectivity index (χ0n) is 21.9. The van der Waals surface area contributed by atoms with Gasteiger partial charge in [-0.2, -0.15) is 0 Å². The molecule has 0 amide bonds. The lowest BCUT2D eigenvalue weighted by atomic mass is 9.70. The van der Waals surface area contributed by atoms with E-state index in [1.54, 1.807) is 0 Å². The fraction of sp³-hybridized carbons (Fsp3) is 0.0500. The molecule has 0 saturated heterocycles. The van der Waals surface area contributed by atoms with Gasteiger partial charge in [0.15, 0.2) is 0 Å². The first kappa shape index (κ1) is 21.0. The molecule has 0 saturated carbocycles. The van der Waals surface area contributed by atoms with Gasteiger partial charge < -0.3 is 0 Å². The SMILES string of the molecule is c1ccc2c(c1)-c1ccccc1C21c2cc3c(cc2-c2c1ccc1ccccc21)Cc1c-3ccc2ccccc12. The molecule has 0 aliphatic heterocycles. The van der Waals surface area contributed by atoms with Gasteiger partial charge in [-0.1, -0.05) is 121 Å². The first-order valence-electron chi connectivity index (χ1n) is 14.2. The van der Waals surface area contributed by atoms with Gasteiger partial charge in [-0.25, -0.2) is 0 Å². The van der Waals surface area contributed by atoms with Gasteiger partial charge in [0.1, 0.15) is 0 Å². The molecular weight excluding hydrogens is 480 g/mol. The molecule has 7 aromatic rings. The molecule has 0 radical (unpaired) electrons. The lowest BCUT2D eigenvalue weighted by Gasteiger charge is -2.31. The molecule has 184 valence electrons. The summed E-state index contributed by atoms with van der Waals surface area (Å²) in [5.41, 5.74) is 16.6. The lowest BCUT2D eigenvalue weighted by Crippen LogP contribution is -2.25. The maximum absolute atomic E-state index is 2.57. The van der Waals surface area contributed by atoms with Crippen molar-refractivity contribution < 1.29 is 0 Å². The Morgan fingerprint density at radius 1 is 0.400 bits per heavy atom. The number of fused-ring (bicyclic) bond motifs is 17. The van der Waals surface area contributed by atoms with E-state index in [1.165, 1.54) is 88.3 Å². The molecule has 10 rings (SSSR count). The van der Waals surface area contributed by atoms with Crippen LogP contribution in [0.2, 0.25) is 0 Å². The third-order valence-corrected chi connectivity index (χ3v) is 9.90. The first-order chi connectivity index (χ1) is 19.8. The van der Waals surface area contributed by atoms with Gasteiger partial charge in [0.05, 0.1) is 5.41 Å². The zero-order chi connectivity index (χ0) is 26.0. The van der Waals surface area contributed by atoms with Gasteiger partial charge in [-0.3, -0.25) is 0 Å². The van der Waals surface area contributed by atoms with Crippen LogP contribution in [0.25, 0.3) is 54.9 Å². The molecule has 3 aliphatic carbocycles. The molecule has 0 atom stereocenters. The van der Waals surface area contributed by atoms with E-state index in [0.29, 0.717) is 0 Å². The van der Waals surface area contributed by atoms with E-state index in [1.807, 2.05) is 0 Å². The smallest absolute Gasteiger partial charge is 0.0619 e. The third-order valence-electron chi connectivity index (χ3n) is 9.90. The Bertz CT molecular complexity index is 2200. The van der Waals surface area contributed by atoms with Crippen molar-refractivity contribution >= 4 is 21.5 Å². The van der Waals surface area contributed by atoms with Gasteiger partial charge in [-0.15, -0.1) is 0 Å². The molecule has 0 heterocycles. The summed E-state index contributed by atoms with van der Waals surface area (Å²) < 4.78 is 0. The first-order valence-corrected chi connectivity index (χ1v) is 14.2. The van der Waals surface area contributed by atoms with Crippen LogP contribution < -0.4 is 0 Å². The molecule has 1 spiro atoms. The highest BCUT2D eigenvalue weighted by molar-refractivity contribution is 6.07. The van der Waals surface area contributed by atoms with Crippen LogP contribution in [-0.2, 0) is 11.8 Å². The van der Waals surface area contributed by atoms with E-state index in [4.69, 9.17) is 0 Å². The van der Waals surface area contributed by atoms with Crippen LogP contribution in [-0.4, -0.2) is 0 Å². The van der Waals surface area contributed by atoms with Gasteiger partial charge in [-0.05, 0) is 107 Å². The molecule has 0 bridgehead atoms. The Morgan fingerprint density at radius 3 is 1.80 bits per heavy atom. The number of rotatable bonds is 0. The predicted molar refractivity (Wildman–Crippen MR) is 166 cm³/mol. The standard InChI is InChI=1S/C40H24/c1-3-11-27-24(9-1)17-19-29-32-23-38-34(22-26(32)21-33(27)29)39-28-12-4-2-10-25(28)18-20-37(39)40(38)35-15-7-5-13-30(35)31-14-6-8-16-36(31)40/h1-20,22-23H,21H2. The molecule has 0 heteroatoms. The van der Waals surface area contributed by atoms with Crippen LogP contribution in [0.15, 0.2) is 133 Å². The van der Waals surface area contributed by atoms with Gasteiger partial charge >= 0.3 is 0 Å². The lowest BCUT2D eigenvalue weighted by molar-refractivity contribution is 0.794. The van der Waals surface area contributed by atoms with Crippen LogP contribution in [0.1, 0.15) is 33.4 Å². The summed E-state index contributed by atoms with van der Waals surface area (Å²) in [6.45, 7) is 0. The van der Waals surface area contributed by atoms with Crippen molar-refractivity contribution in [2.75, 3.05) is 0 Å². The van der Waals surface area contributed by atoms with Crippen LogP contribution in [0.5, 0.6) is 0 Å². The number of hydrogen-bond acceptors (Lipinski definition) is 0. The average Bonchev–Trinajstić information content (AvgIpc) is 3.63. The maximum Gasteiger partial charge on any atom is 0.0725 e. The predicted octanol–water partition coefficient (Wildman–Crippen LogP) is 9.91. The quantitative estimate of drug-likeness (QED) is 0.193. The van der Waals surface area contributed by atoms with Crippen molar-refractivity contribution in [3.8, 4) is 33.4 Å². The third kappa shape index (κ3) is 2.32. The largest absolute Gasteiger partial charge is 0.0725 e. The van der Waals surface area contributed by atoms with Crippen molar-refractivity contribution in [1.82, 2.24) is 0 Å². The van der Waals surface area contributed by atoms with Gasteiger partial charge in [0.2, 0.25) is 0 Å². The van der Waals surface area contributed by atoms with E-state index in [2.05, 4.69) is 133 Å². The number of benzene rings is 7. The van der Waals surface area contributed by atoms with Gasteiger partial charge in [0, 0.05) is 0 Å². The summed E-state index contributed by atoms with van der Waals surface area (Å²) in [5.74, 6) is 0. The molecule has 40 heavy (non-hydrogen) atoms. The van der Waals surface area contributed by atoms with Crippen molar-refractivity contribution in [2.45, 2.75) is 11.8 Å². The minimum Gasteiger partial charge on any atom is -0.0619 e. The molecule has 0 aromatic heterocycles. The molecule has 0 N–H and O–H groups in total. The molecule has 7 aromatic carbocycles. The second-order valence-corrected chi connectivity index (χ2v) is 11.6. The highest BCUT2D eigenvalue weighted by atomic mass is 14.5. The van der Waals surface area contributed by atoms with E-state index in [0.717, 1.165) is 6.42 Å². The molecule has 0 nitrogen and oxygen atoms in total. The monoisotopic (exact) mass is 504 g/mol. The summed E-state index contributed by atoms with van der Waals surface area (Å²) in [5, 5.41) is 5.36. The van der Waals surface area contributed by atoms with E-state index in [-0.39, 0.29) is 5.41 Å². The molecule has 0 unspecified atom stereocenters. The Labute approximate surface area is 233 Å². The second-order valence-electron chi connectivity index (χ2n) is 11.6. The minimum atomic E-state index is -0.323. The van der Waals surface area contributed by atoms with Crippen molar-refractivity contribution in [3.05, 3.63) is 167 Å². The summed E-state index contributed by atoms with van der Waals surface area (Å²) >= 11 is 0. The van der Waals surface area contributed by atoms with Crippen molar-refractivity contribution in [2.24, 2.45) is 0 Å². The highest BCUT2D eigenvalue weighted by Crippen LogP contribution is 2.64. The molecular formula is C40H24. The van der Waals surface area contributed by atoms with E-state index in [9.17, 15) is 0 Å². The van der Waals surface area contributed by atoms with Gasteiger partial charge in [0.25, 0.3) is 0 Å². The number of hydrogen-bond donors (Lipinski definition) is 0. The van der Waals surface area contributed by atoms with Crippen LogP contribution in [0.4, 0.5) is 0 Å². The fourth-order valence-electron chi connectivity index (χ4n) is 8.36.